The molecule has 1 nitrogen and oxygen atoms in total. The van der Waals surface area contributed by atoms with Gasteiger partial charge >= 0.3 is 0 Å². The zero-order chi connectivity index (χ0) is 10.7. The summed E-state index contributed by atoms with van der Waals surface area (Å²) in [6.45, 7) is 2.77. The molecule has 0 bridgehead atoms. The van der Waals surface area contributed by atoms with Crippen LogP contribution < -0.4 is 5.32 Å². The van der Waals surface area contributed by atoms with Crippen molar-refractivity contribution < 1.29 is 4.39 Å². The lowest BCUT2D eigenvalue weighted by Crippen LogP contribution is -2.14. The summed E-state index contributed by atoms with van der Waals surface area (Å²) in [4.78, 5) is 0. The molecular weight excluding hydrogens is 189 g/mol. The van der Waals surface area contributed by atoms with E-state index in [9.17, 15) is 4.39 Å². The molecular formula is C13H18FN. The highest BCUT2D eigenvalue weighted by atomic mass is 19.1. The normalized spacial score (nSPS) is 25.7. The van der Waals surface area contributed by atoms with E-state index in [4.69, 9.17) is 0 Å². The highest BCUT2D eigenvalue weighted by Crippen LogP contribution is 2.27. The van der Waals surface area contributed by atoms with Crippen LogP contribution >= 0.6 is 0 Å². The van der Waals surface area contributed by atoms with Crippen molar-refractivity contribution in [3.63, 3.8) is 0 Å². The van der Waals surface area contributed by atoms with Gasteiger partial charge in [0.25, 0.3) is 0 Å². The van der Waals surface area contributed by atoms with Gasteiger partial charge in [0, 0.05) is 18.5 Å². The molecule has 1 aliphatic rings. The first-order valence-corrected chi connectivity index (χ1v) is 5.71. The molecule has 0 radical (unpaired) electrons. The Bertz CT molecular complexity index is 307. The third-order valence-corrected chi connectivity index (χ3v) is 3.23. The molecule has 2 atom stereocenters. The van der Waals surface area contributed by atoms with Crippen LogP contribution in [0.15, 0.2) is 24.3 Å². The molecule has 0 spiro atoms. The Kier molecular flexibility index (Phi) is 3.37. The molecule has 1 aromatic rings. The first-order valence-electron chi connectivity index (χ1n) is 5.71. The minimum absolute atomic E-state index is 0.198. The molecule has 0 saturated carbocycles. The van der Waals surface area contributed by atoms with E-state index in [1.165, 1.54) is 11.1 Å². The van der Waals surface area contributed by atoms with Crippen LogP contribution in [0, 0.1) is 5.92 Å². The monoisotopic (exact) mass is 207 g/mol. The Morgan fingerprint density at radius 3 is 2.60 bits per heavy atom. The largest absolute Gasteiger partial charge is 0.310 e. The summed E-state index contributed by atoms with van der Waals surface area (Å²) in [5.74, 6) is 0.209. The molecule has 2 heteroatoms. The number of benzene rings is 1. The average Bonchev–Trinajstić information content (AvgIpc) is 2.78. The van der Waals surface area contributed by atoms with Gasteiger partial charge in [0.15, 0.2) is 0 Å². The summed E-state index contributed by atoms with van der Waals surface area (Å²) >= 11 is 0. The molecule has 1 N–H and O–H groups in total. The van der Waals surface area contributed by atoms with Crippen LogP contribution in [0.3, 0.4) is 0 Å². The summed E-state index contributed by atoms with van der Waals surface area (Å²) in [6.07, 6.45) is 2.01. The number of hydrogen-bond donors (Lipinski definition) is 1. The fraction of sp³-hybridized carbons (Fsp3) is 0.538. The third kappa shape index (κ3) is 2.37. The van der Waals surface area contributed by atoms with Crippen molar-refractivity contribution in [3.8, 4) is 0 Å². The Hall–Kier alpha value is -0.890. The molecule has 1 aromatic carbocycles. The Morgan fingerprint density at radius 1 is 1.33 bits per heavy atom. The maximum absolute atomic E-state index is 12.5. The molecule has 0 aromatic heterocycles. The van der Waals surface area contributed by atoms with Crippen molar-refractivity contribution in [1.29, 1.82) is 0 Å². The van der Waals surface area contributed by atoms with Crippen molar-refractivity contribution in [2.24, 2.45) is 5.92 Å². The standard InChI is InChI=1S/C13H18FN/c1-2-10-3-5-12(6-4-10)13-7-11(8-14)9-15-13/h3-6,11,13,15H,2,7-9H2,1H3. The maximum Gasteiger partial charge on any atom is 0.0935 e. The number of hydrogen-bond acceptors (Lipinski definition) is 1. The minimum atomic E-state index is -0.198. The molecule has 1 heterocycles. The van der Waals surface area contributed by atoms with Crippen LogP contribution in [0.4, 0.5) is 4.39 Å². The van der Waals surface area contributed by atoms with Gasteiger partial charge in [0.05, 0.1) is 6.67 Å². The quantitative estimate of drug-likeness (QED) is 0.803. The van der Waals surface area contributed by atoms with Crippen molar-refractivity contribution in [2.45, 2.75) is 25.8 Å². The van der Waals surface area contributed by atoms with Gasteiger partial charge in [0.2, 0.25) is 0 Å². The minimum Gasteiger partial charge on any atom is -0.310 e. The zero-order valence-electron chi connectivity index (χ0n) is 9.17. The first-order chi connectivity index (χ1) is 7.33. The molecule has 2 rings (SSSR count). The van der Waals surface area contributed by atoms with Gasteiger partial charge in [-0.05, 0) is 24.0 Å². The van der Waals surface area contributed by atoms with Crippen LogP contribution in [0.1, 0.15) is 30.5 Å². The smallest absolute Gasteiger partial charge is 0.0935 e. The Balaban J connectivity index is 2.04. The van der Waals surface area contributed by atoms with E-state index >= 15 is 0 Å². The van der Waals surface area contributed by atoms with Gasteiger partial charge in [-0.15, -0.1) is 0 Å². The second-order valence-corrected chi connectivity index (χ2v) is 4.31. The summed E-state index contributed by atoms with van der Waals surface area (Å²) in [7, 11) is 0. The van der Waals surface area contributed by atoms with Crippen molar-refractivity contribution in [3.05, 3.63) is 35.4 Å². The fourth-order valence-electron chi connectivity index (χ4n) is 2.17. The van der Waals surface area contributed by atoms with Crippen molar-refractivity contribution in [1.82, 2.24) is 5.32 Å². The fourth-order valence-corrected chi connectivity index (χ4v) is 2.17. The number of halogens is 1. The van der Waals surface area contributed by atoms with Crippen LogP contribution in [0.2, 0.25) is 0 Å². The van der Waals surface area contributed by atoms with E-state index in [0.717, 1.165) is 19.4 Å². The zero-order valence-corrected chi connectivity index (χ0v) is 9.17. The average molecular weight is 207 g/mol. The lowest BCUT2D eigenvalue weighted by atomic mass is 9.99. The Labute approximate surface area is 90.7 Å². The SMILES string of the molecule is CCc1ccc(C2CC(CF)CN2)cc1. The summed E-state index contributed by atoms with van der Waals surface area (Å²) in [5, 5.41) is 3.37. The molecule has 1 fully saturated rings. The number of rotatable bonds is 3. The number of alkyl halides is 1. The lowest BCUT2D eigenvalue weighted by molar-refractivity contribution is 0.378. The third-order valence-electron chi connectivity index (χ3n) is 3.23. The summed E-state index contributed by atoms with van der Waals surface area (Å²) in [6, 6.07) is 9.02. The molecule has 2 unspecified atom stereocenters. The number of aryl methyl sites for hydroxylation is 1. The van der Waals surface area contributed by atoms with E-state index in [2.05, 4.69) is 36.5 Å². The summed E-state index contributed by atoms with van der Waals surface area (Å²) in [5.41, 5.74) is 2.65. The Morgan fingerprint density at radius 2 is 2.07 bits per heavy atom. The van der Waals surface area contributed by atoms with Gasteiger partial charge in [0.1, 0.15) is 0 Å². The van der Waals surface area contributed by atoms with E-state index in [1.54, 1.807) is 0 Å². The van der Waals surface area contributed by atoms with Gasteiger partial charge in [-0.3, -0.25) is 4.39 Å². The topological polar surface area (TPSA) is 12.0 Å². The van der Waals surface area contributed by atoms with Gasteiger partial charge < -0.3 is 5.32 Å². The molecule has 0 aliphatic carbocycles. The van der Waals surface area contributed by atoms with Crippen LogP contribution in [0.5, 0.6) is 0 Å². The predicted octanol–water partition coefficient (Wildman–Crippen LogP) is 2.87. The van der Waals surface area contributed by atoms with Crippen LogP contribution in [-0.4, -0.2) is 13.2 Å². The summed E-state index contributed by atoms with van der Waals surface area (Å²) < 4.78 is 12.5. The van der Waals surface area contributed by atoms with Gasteiger partial charge in [-0.2, -0.15) is 0 Å². The second-order valence-electron chi connectivity index (χ2n) is 4.31. The van der Waals surface area contributed by atoms with Crippen molar-refractivity contribution in [2.75, 3.05) is 13.2 Å². The van der Waals surface area contributed by atoms with Crippen LogP contribution in [-0.2, 0) is 6.42 Å². The van der Waals surface area contributed by atoms with E-state index in [0.29, 0.717) is 6.04 Å². The highest BCUT2D eigenvalue weighted by Gasteiger charge is 2.24. The number of nitrogens with one attached hydrogen (secondary N) is 1. The second kappa shape index (κ2) is 4.75. The van der Waals surface area contributed by atoms with Gasteiger partial charge in [-0.25, -0.2) is 0 Å². The maximum atomic E-state index is 12.5. The van der Waals surface area contributed by atoms with Crippen LogP contribution in [0.25, 0.3) is 0 Å². The predicted molar refractivity (Wildman–Crippen MR) is 60.6 cm³/mol. The van der Waals surface area contributed by atoms with E-state index in [-0.39, 0.29) is 12.6 Å². The lowest BCUT2D eigenvalue weighted by Gasteiger charge is -2.11. The first kappa shape index (κ1) is 10.6. The molecule has 15 heavy (non-hydrogen) atoms. The molecule has 82 valence electrons. The molecule has 1 aliphatic heterocycles. The van der Waals surface area contributed by atoms with Gasteiger partial charge in [-0.1, -0.05) is 31.2 Å². The van der Waals surface area contributed by atoms with Crippen molar-refractivity contribution >= 4 is 0 Å². The van der Waals surface area contributed by atoms with E-state index in [1.807, 2.05) is 0 Å². The van der Waals surface area contributed by atoms with E-state index < -0.39 is 0 Å². The molecule has 0 amide bonds. The highest BCUT2D eigenvalue weighted by molar-refractivity contribution is 5.25. The molecule has 1 saturated heterocycles.